The van der Waals surface area contributed by atoms with Gasteiger partial charge in [0.15, 0.2) is 5.78 Å². The molecule has 0 bridgehead atoms. The van der Waals surface area contributed by atoms with Crippen LogP contribution in [0, 0.1) is 17.3 Å². The topological polar surface area (TPSA) is 26.3 Å². The molecule has 0 heterocycles. The predicted molar refractivity (Wildman–Crippen MR) is 107 cm³/mol. The molecule has 1 saturated carbocycles. The second-order valence-electron chi connectivity index (χ2n) is 8.65. The Morgan fingerprint density at radius 3 is 2.81 bits per heavy atom. The Hall–Kier alpha value is -2.35. The van der Waals surface area contributed by atoms with E-state index in [1.54, 1.807) is 0 Å². The lowest BCUT2D eigenvalue weighted by Gasteiger charge is -2.48. The third-order valence-corrected chi connectivity index (χ3v) is 7.22. The molecule has 2 heteroatoms. The summed E-state index contributed by atoms with van der Waals surface area (Å²) in [6.45, 7) is 2.80. The van der Waals surface area contributed by atoms with E-state index in [-0.39, 0.29) is 5.41 Å². The average molecular weight is 358 g/mol. The van der Waals surface area contributed by atoms with Crippen molar-refractivity contribution in [2.24, 2.45) is 17.3 Å². The zero-order chi connectivity index (χ0) is 18.4. The number of aryl methyl sites for hydroxylation is 1. The summed E-state index contributed by atoms with van der Waals surface area (Å²) in [7, 11) is 0. The lowest BCUT2D eigenvalue weighted by Crippen LogP contribution is -2.42. The number of benzene rings is 2. The van der Waals surface area contributed by atoms with Crippen LogP contribution in [0.3, 0.4) is 0 Å². The number of fused-ring (bicyclic) bond motifs is 5. The van der Waals surface area contributed by atoms with Gasteiger partial charge in [-0.1, -0.05) is 49.4 Å². The summed E-state index contributed by atoms with van der Waals surface area (Å²) >= 11 is 0. The monoisotopic (exact) mass is 358 g/mol. The first-order valence-corrected chi connectivity index (χ1v) is 10.2. The lowest BCUT2D eigenvalue weighted by molar-refractivity contribution is -0.126. The molecule has 2 aromatic carbocycles. The summed E-state index contributed by atoms with van der Waals surface area (Å²) in [4.78, 5) is 12.4. The Kier molecular flexibility index (Phi) is 3.96. The maximum Gasteiger partial charge on any atom is 0.161 e. The van der Waals surface area contributed by atoms with E-state index in [2.05, 4.69) is 43.3 Å². The van der Waals surface area contributed by atoms with E-state index in [1.807, 2.05) is 24.3 Å². The fourth-order valence-electron chi connectivity index (χ4n) is 5.66. The van der Waals surface area contributed by atoms with Crippen LogP contribution < -0.4 is 4.74 Å². The molecule has 3 aliphatic rings. The fraction of sp³-hybridized carbons (Fsp3) is 0.400. The highest BCUT2D eigenvalue weighted by molar-refractivity contribution is 5.97. The Labute approximate surface area is 161 Å². The van der Waals surface area contributed by atoms with Gasteiger partial charge < -0.3 is 4.74 Å². The molecule has 5 rings (SSSR count). The highest BCUT2D eigenvalue weighted by atomic mass is 16.5. The molecule has 0 radical (unpaired) electrons. The number of hydrogen-bond donors (Lipinski definition) is 0. The molecule has 27 heavy (non-hydrogen) atoms. The maximum atomic E-state index is 12.4. The maximum absolute atomic E-state index is 12.4. The van der Waals surface area contributed by atoms with Crippen molar-refractivity contribution in [3.05, 3.63) is 77.4 Å². The summed E-state index contributed by atoms with van der Waals surface area (Å²) < 4.78 is 6.04. The second kappa shape index (κ2) is 6.37. The van der Waals surface area contributed by atoms with Gasteiger partial charge >= 0.3 is 0 Å². The van der Waals surface area contributed by atoms with Gasteiger partial charge in [0.05, 0.1) is 0 Å². The molecule has 0 saturated heterocycles. The number of ether oxygens (including phenoxy) is 1. The first-order chi connectivity index (χ1) is 13.1. The molecule has 3 aliphatic carbocycles. The first kappa shape index (κ1) is 16.8. The van der Waals surface area contributed by atoms with Crippen molar-refractivity contribution in [3.63, 3.8) is 0 Å². The van der Waals surface area contributed by atoms with E-state index in [9.17, 15) is 4.79 Å². The van der Waals surface area contributed by atoms with Crippen molar-refractivity contribution in [2.45, 2.75) is 45.1 Å². The van der Waals surface area contributed by atoms with Crippen LogP contribution in [0.5, 0.6) is 5.75 Å². The van der Waals surface area contributed by atoms with Crippen LogP contribution in [0.2, 0.25) is 0 Å². The van der Waals surface area contributed by atoms with Gasteiger partial charge in [0.1, 0.15) is 12.4 Å². The minimum atomic E-state index is -0.141. The molecule has 2 nitrogen and oxygen atoms in total. The van der Waals surface area contributed by atoms with Crippen LogP contribution in [0.1, 0.15) is 48.8 Å². The summed E-state index contributed by atoms with van der Waals surface area (Å²) in [5, 5.41) is 0. The largest absolute Gasteiger partial charge is 0.489 e. The molecule has 0 spiro atoms. The van der Waals surface area contributed by atoms with Gasteiger partial charge in [-0.05, 0) is 78.3 Å². The van der Waals surface area contributed by atoms with Crippen molar-refractivity contribution in [2.75, 3.05) is 0 Å². The van der Waals surface area contributed by atoms with Crippen molar-refractivity contribution >= 4 is 5.78 Å². The number of carbonyl (C=O) groups is 1. The molecule has 0 amide bonds. The number of rotatable bonds is 3. The summed E-state index contributed by atoms with van der Waals surface area (Å²) in [5.41, 5.74) is 3.99. The van der Waals surface area contributed by atoms with E-state index < -0.39 is 0 Å². The van der Waals surface area contributed by atoms with Gasteiger partial charge in [-0.3, -0.25) is 4.79 Å². The highest BCUT2D eigenvalue weighted by Gasteiger charge is 2.52. The Balaban J connectivity index is 1.36. The minimum Gasteiger partial charge on any atom is -0.489 e. The number of allylic oxidation sites excluding steroid dienone is 2. The summed E-state index contributed by atoms with van der Waals surface area (Å²) in [5.74, 6) is 2.93. The fourth-order valence-corrected chi connectivity index (χ4v) is 5.66. The Morgan fingerprint density at radius 2 is 1.96 bits per heavy atom. The molecule has 138 valence electrons. The molecule has 4 atom stereocenters. The smallest absolute Gasteiger partial charge is 0.161 e. The highest BCUT2D eigenvalue weighted by Crippen LogP contribution is 2.57. The van der Waals surface area contributed by atoms with Crippen LogP contribution in [-0.2, 0) is 17.8 Å². The molecule has 0 aromatic heterocycles. The van der Waals surface area contributed by atoms with Gasteiger partial charge in [0, 0.05) is 5.41 Å². The second-order valence-corrected chi connectivity index (χ2v) is 8.65. The van der Waals surface area contributed by atoms with E-state index in [4.69, 9.17) is 4.74 Å². The van der Waals surface area contributed by atoms with Gasteiger partial charge in [-0.15, -0.1) is 0 Å². The Bertz CT molecular complexity index is 898. The standard InChI is InChI=1S/C25H26O2/c1-25-14-13-21-20-10-8-19(27-16-17-5-3-2-4-6-17)15-18(20)7-9-22(21)23(25)11-12-24(25)26/h2-6,8,10-12,15,21-23H,7,9,13-14,16H2,1H3/t21?,22?,23?,25-/m0/s1. The molecular weight excluding hydrogens is 332 g/mol. The van der Waals surface area contributed by atoms with Gasteiger partial charge in [-0.2, -0.15) is 0 Å². The molecule has 3 unspecified atom stereocenters. The number of ketones is 1. The van der Waals surface area contributed by atoms with Crippen LogP contribution in [0.25, 0.3) is 0 Å². The van der Waals surface area contributed by atoms with Crippen LogP contribution in [-0.4, -0.2) is 5.78 Å². The zero-order valence-corrected chi connectivity index (χ0v) is 15.9. The van der Waals surface area contributed by atoms with E-state index >= 15 is 0 Å². The van der Waals surface area contributed by atoms with E-state index in [0.29, 0.717) is 30.1 Å². The van der Waals surface area contributed by atoms with Crippen LogP contribution in [0.4, 0.5) is 0 Å². The average Bonchev–Trinajstić information content (AvgIpc) is 3.01. The first-order valence-electron chi connectivity index (χ1n) is 10.2. The van der Waals surface area contributed by atoms with Crippen LogP contribution >= 0.6 is 0 Å². The predicted octanol–water partition coefficient (Wildman–Crippen LogP) is 5.47. The number of hydrogen-bond acceptors (Lipinski definition) is 2. The third-order valence-electron chi connectivity index (χ3n) is 7.22. The quantitative estimate of drug-likeness (QED) is 0.727. The van der Waals surface area contributed by atoms with Crippen molar-refractivity contribution in [1.29, 1.82) is 0 Å². The SMILES string of the molecule is C[C@]12CCC3c4ccc(OCc5ccccc5)cc4CCC3C1C=CC2=O. The van der Waals surface area contributed by atoms with Gasteiger partial charge in [0.25, 0.3) is 0 Å². The molecule has 0 aliphatic heterocycles. The number of carbonyl (C=O) groups excluding carboxylic acids is 1. The molecular formula is C25H26O2. The third kappa shape index (κ3) is 2.74. The molecule has 2 aromatic rings. The van der Waals surface area contributed by atoms with E-state index in [1.165, 1.54) is 23.1 Å². The summed E-state index contributed by atoms with van der Waals surface area (Å²) in [6.07, 6.45) is 8.47. The minimum absolute atomic E-state index is 0.141. The van der Waals surface area contributed by atoms with Gasteiger partial charge in [-0.25, -0.2) is 0 Å². The van der Waals surface area contributed by atoms with Crippen molar-refractivity contribution < 1.29 is 9.53 Å². The normalized spacial score (nSPS) is 31.1. The van der Waals surface area contributed by atoms with Gasteiger partial charge in [0.2, 0.25) is 0 Å². The molecule has 0 N–H and O–H groups in total. The van der Waals surface area contributed by atoms with Crippen molar-refractivity contribution in [1.82, 2.24) is 0 Å². The Morgan fingerprint density at radius 1 is 1.11 bits per heavy atom. The zero-order valence-electron chi connectivity index (χ0n) is 15.9. The van der Waals surface area contributed by atoms with E-state index in [0.717, 1.165) is 25.0 Å². The van der Waals surface area contributed by atoms with Crippen LogP contribution in [0.15, 0.2) is 60.7 Å². The summed E-state index contributed by atoms with van der Waals surface area (Å²) in [6, 6.07) is 17.0. The molecule has 1 fully saturated rings. The lowest BCUT2D eigenvalue weighted by atomic mass is 9.55. The van der Waals surface area contributed by atoms with Crippen molar-refractivity contribution in [3.8, 4) is 5.75 Å².